The summed E-state index contributed by atoms with van der Waals surface area (Å²) in [6, 6.07) is 7.55. The third kappa shape index (κ3) is 4.22. The number of ether oxygens (including phenoxy) is 1. The minimum Gasteiger partial charge on any atom is -0.461 e. The molecule has 96 valence electrons. The summed E-state index contributed by atoms with van der Waals surface area (Å²) in [5.41, 5.74) is 4.46. The highest BCUT2D eigenvalue weighted by Gasteiger charge is 2.09. The second-order valence-corrected chi connectivity index (χ2v) is 3.68. The molecule has 5 heteroatoms. The van der Waals surface area contributed by atoms with Gasteiger partial charge >= 0.3 is 5.97 Å². The van der Waals surface area contributed by atoms with Crippen LogP contribution in [0.3, 0.4) is 0 Å². The van der Waals surface area contributed by atoms with Crippen LogP contribution in [0, 0.1) is 0 Å². The predicted octanol–water partition coefficient (Wildman–Crippen LogP) is 3.25. The van der Waals surface area contributed by atoms with Gasteiger partial charge in [-0.15, -0.1) is 0 Å². The number of rotatable bonds is 5. The van der Waals surface area contributed by atoms with Crippen LogP contribution in [0.2, 0.25) is 0 Å². The van der Waals surface area contributed by atoms with Crippen molar-refractivity contribution < 1.29 is 9.53 Å². The van der Waals surface area contributed by atoms with Gasteiger partial charge in [0.05, 0.1) is 12.3 Å². The number of allylic oxidation sites excluding steroid dienone is 1. The molecule has 0 aliphatic rings. The van der Waals surface area contributed by atoms with E-state index in [-0.39, 0.29) is 11.8 Å². The zero-order valence-corrected chi connectivity index (χ0v) is 11.1. The average molecular weight is 267 g/mol. The Bertz CT molecular complexity index is 470. The van der Waals surface area contributed by atoms with Gasteiger partial charge in [-0.2, -0.15) is 5.10 Å². The van der Waals surface area contributed by atoms with Gasteiger partial charge in [-0.3, -0.25) is 5.43 Å². The van der Waals surface area contributed by atoms with Gasteiger partial charge in [-0.05, 0) is 25.5 Å². The van der Waals surface area contributed by atoms with Crippen LogP contribution in [-0.2, 0) is 9.53 Å². The number of benzene rings is 1. The molecule has 4 nitrogen and oxygen atoms in total. The van der Waals surface area contributed by atoms with Crippen molar-refractivity contribution in [1.29, 1.82) is 0 Å². The highest BCUT2D eigenvalue weighted by atomic mass is 35.5. The van der Waals surface area contributed by atoms with Crippen LogP contribution in [0.25, 0.3) is 6.08 Å². The molecule has 0 amide bonds. The topological polar surface area (TPSA) is 50.7 Å². The van der Waals surface area contributed by atoms with Gasteiger partial charge in [-0.1, -0.05) is 42.0 Å². The molecule has 1 rings (SSSR count). The van der Waals surface area contributed by atoms with Crippen molar-refractivity contribution >= 4 is 34.5 Å². The molecule has 0 aromatic heterocycles. The van der Waals surface area contributed by atoms with Crippen LogP contribution in [-0.4, -0.2) is 17.7 Å². The molecule has 0 heterocycles. The summed E-state index contributed by atoms with van der Waals surface area (Å²) in [6.45, 7) is 3.89. The van der Waals surface area contributed by atoms with Crippen LogP contribution in [0.1, 0.15) is 19.4 Å². The van der Waals surface area contributed by atoms with Crippen molar-refractivity contribution in [3.05, 3.63) is 35.9 Å². The number of carbonyl (C=O) groups is 1. The fraction of sp³-hybridized carbons (Fsp3) is 0.231. The first-order valence-corrected chi connectivity index (χ1v) is 5.94. The van der Waals surface area contributed by atoms with Crippen LogP contribution in [0.5, 0.6) is 0 Å². The first-order valence-electron chi connectivity index (χ1n) is 5.57. The SMILES string of the molecule is C/C=C/c1ccccc1N/N=C(\Cl)C(=O)OCC. The quantitative estimate of drug-likeness (QED) is 0.506. The van der Waals surface area contributed by atoms with Crippen molar-refractivity contribution in [1.82, 2.24) is 0 Å². The van der Waals surface area contributed by atoms with Gasteiger partial charge in [0.25, 0.3) is 0 Å². The molecule has 0 radical (unpaired) electrons. The summed E-state index contributed by atoms with van der Waals surface area (Å²) in [4.78, 5) is 11.2. The Morgan fingerprint density at radius 3 is 2.89 bits per heavy atom. The summed E-state index contributed by atoms with van der Waals surface area (Å²) in [6.07, 6.45) is 3.84. The lowest BCUT2D eigenvalue weighted by Crippen LogP contribution is -2.13. The molecular weight excluding hydrogens is 252 g/mol. The van der Waals surface area contributed by atoms with E-state index in [1.807, 2.05) is 43.3 Å². The molecule has 0 aliphatic heterocycles. The Hall–Kier alpha value is -1.81. The third-order valence-corrected chi connectivity index (χ3v) is 2.26. The monoisotopic (exact) mass is 266 g/mol. The van der Waals surface area contributed by atoms with E-state index in [0.717, 1.165) is 11.3 Å². The predicted molar refractivity (Wildman–Crippen MR) is 74.7 cm³/mol. The van der Waals surface area contributed by atoms with E-state index in [1.54, 1.807) is 6.92 Å². The fourth-order valence-corrected chi connectivity index (χ4v) is 1.37. The number of hydrazone groups is 1. The molecule has 1 aromatic rings. The van der Waals surface area contributed by atoms with Gasteiger partial charge in [0.15, 0.2) is 0 Å². The van der Waals surface area contributed by atoms with Gasteiger partial charge in [-0.25, -0.2) is 4.79 Å². The maximum Gasteiger partial charge on any atom is 0.370 e. The maximum atomic E-state index is 11.2. The van der Waals surface area contributed by atoms with Gasteiger partial charge in [0.1, 0.15) is 0 Å². The molecule has 0 fully saturated rings. The number of anilines is 1. The first-order chi connectivity index (χ1) is 8.69. The molecule has 1 aromatic carbocycles. The molecule has 0 aliphatic carbocycles. The molecule has 0 spiro atoms. The number of esters is 1. The number of nitrogens with zero attached hydrogens (tertiary/aromatic N) is 1. The largest absolute Gasteiger partial charge is 0.461 e. The normalized spacial score (nSPS) is 11.6. The summed E-state index contributed by atoms with van der Waals surface area (Å²) in [7, 11) is 0. The molecule has 18 heavy (non-hydrogen) atoms. The van der Waals surface area contributed by atoms with E-state index in [4.69, 9.17) is 16.3 Å². The summed E-state index contributed by atoms with van der Waals surface area (Å²) < 4.78 is 4.71. The standard InChI is InChI=1S/C13H15ClN2O2/c1-3-7-10-8-5-6-9-11(10)15-16-12(14)13(17)18-4-2/h3,5-9,15H,4H2,1-2H3/b7-3+,16-12-. The van der Waals surface area contributed by atoms with E-state index < -0.39 is 5.97 Å². The van der Waals surface area contributed by atoms with Gasteiger partial charge in [0.2, 0.25) is 5.17 Å². The van der Waals surface area contributed by atoms with Crippen molar-refractivity contribution in [2.45, 2.75) is 13.8 Å². The molecule has 0 saturated heterocycles. The number of halogens is 1. The second-order valence-electron chi connectivity index (χ2n) is 3.32. The summed E-state index contributed by atoms with van der Waals surface area (Å²) >= 11 is 5.68. The lowest BCUT2D eigenvalue weighted by atomic mass is 10.2. The summed E-state index contributed by atoms with van der Waals surface area (Å²) in [5, 5.41) is 3.55. The van der Waals surface area contributed by atoms with Gasteiger partial charge in [0, 0.05) is 0 Å². The maximum absolute atomic E-state index is 11.2. The Kier molecular flexibility index (Phi) is 5.94. The van der Waals surface area contributed by atoms with E-state index in [0.29, 0.717) is 0 Å². The zero-order valence-electron chi connectivity index (χ0n) is 10.3. The van der Waals surface area contributed by atoms with E-state index >= 15 is 0 Å². The highest BCUT2D eigenvalue weighted by molar-refractivity contribution is 6.82. The Morgan fingerprint density at radius 2 is 2.22 bits per heavy atom. The van der Waals surface area contributed by atoms with Gasteiger partial charge < -0.3 is 4.74 Å². The minimum absolute atomic E-state index is 0.230. The fourth-order valence-electron chi connectivity index (χ4n) is 1.27. The number of hydrogen-bond acceptors (Lipinski definition) is 4. The van der Waals surface area contributed by atoms with E-state index in [1.165, 1.54) is 0 Å². The Morgan fingerprint density at radius 1 is 1.50 bits per heavy atom. The molecule has 0 atom stereocenters. The van der Waals surface area contributed by atoms with Crippen molar-refractivity contribution in [3.8, 4) is 0 Å². The number of carbonyl (C=O) groups excluding carboxylic acids is 1. The molecule has 0 bridgehead atoms. The lowest BCUT2D eigenvalue weighted by molar-refractivity contribution is -0.134. The molecule has 0 saturated carbocycles. The van der Waals surface area contributed by atoms with Crippen molar-refractivity contribution in [3.63, 3.8) is 0 Å². The Balaban J connectivity index is 2.79. The zero-order chi connectivity index (χ0) is 13.4. The van der Waals surface area contributed by atoms with Crippen LogP contribution >= 0.6 is 11.6 Å². The molecule has 0 unspecified atom stereocenters. The molecule has 1 N–H and O–H groups in total. The van der Waals surface area contributed by atoms with E-state index in [9.17, 15) is 4.79 Å². The van der Waals surface area contributed by atoms with E-state index in [2.05, 4.69) is 10.5 Å². The van der Waals surface area contributed by atoms with Crippen LogP contribution in [0.4, 0.5) is 5.69 Å². The average Bonchev–Trinajstić information content (AvgIpc) is 2.38. The van der Waals surface area contributed by atoms with Crippen molar-refractivity contribution in [2.24, 2.45) is 5.10 Å². The highest BCUT2D eigenvalue weighted by Crippen LogP contribution is 2.16. The lowest BCUT2D eigenvalue weighted by Gasteiger charge is -2.05. The molecular formula is C13H15ClN2O2. The number of para-hydroxylation sites is 1. The van der Waals surface area contributed by atoms with Crippen molar-refractivity contribution in [2.75, 3.05) is 12.0 Å². The van der Waals surface area contributed by atoms with Crippen LogP contribution < -0.4 is 5.43 Å². The Labute approximate surface area is 111 Å². The van der Waals surface area contributed by atoms with Crippen LogP contribution in [0.15, 0.2) is 35.4 Å². The smallest absolute Gasteiger partial charge is 0.370 e. The summed E-state index contributed by atoms with van der Waals surface area (Å²) in [5.74, 6) is -0.643. The third-order valence-electron chi connectivity index (χ3n) is 2.03. The second kappa shape index (κ2) is 7.50. The minimum atomic E-state index is -0.643. The first kappa shape index (κ1) is 14.3. The number of nitrogens with one attached hydrogen (secondary N) is 1. The number of hydrogen-bond donors (Lipinski definition) is 1.